The van der Waals surface area contributed by atoms with E-state index < -0.39 is 0 Å². The Kier molecular flexibility index (Phi) is 4.91. The molecule has 2 heteroatoms. The Morgan fingerprint density at radius 1 is 1.05 bits per heavy atom. The van der Waals surface area contributed by atoms with Gasteiger partial charge in [-0.25, -0.2) is 4.39 Å². The lowest BCUT2D eigenvalue weighted by molar-refractivity contribution is 0.610. The van der Waals surface area contributed by atoms with Gasteiger partial charge in [-0.05, 0) is 56.1 Å². The summed E-state index contributed by atoms with van der Waals surface area (Å²) in [5, 5.41) is 3.24. The lowest BCUT2D eigenvalue weighted by atomic mass is 9.89. The Morgan fingerprint density at radius 2 is 1.75 bits per heavy atom. The maximum Gasteiger partial charge on any atom is 0.123 e. The average molecular weight is 271 g/mol. The van der Waals surface area contributed by atoms with Gasteiger partial charge in [-0.15, -0.1) is 0 Å². The monoisotopic (exact) mass is 271 g/mol. The Labute approximate surface area is 120 Å². The molecule has 20 heavy (non-hydrogen) atoms. The van der Waals surface area contributed by atoms with Crippen LogP contribution in [-0.2, 0) is 6.42 Å². The normalized spacial score (nSPS) is 12.4. The summed E-state index contributed by atoms with van der Waals surface area (Å²) in [6, 6.07) is 13.4. The first-order valence-electron chi connectivity index (χ1n) is 7.06. The van der Waals surface area contributed by atoms with E-state index >= 15 is 0 Å². The smallest absolute Gasteiger partial charge is 0.123 e. The summed E-state index contributed by atoms with van der Waals surface area (Å²) in [6.45, 7) is 5.16. The van der Waals surface area contributed by atoms with Crippen molar-refractivity contribution in [1.29, 1.82) is 0 Å². The number of benzene rings is 2. The van der Waals surface area contributed by atoms with E-state index in [0.29, 0.717) is 5.92 Å². The molecule has 0 amide bonds. The van der Waals surface area contributed by atoms with Gasteiger partial charge in [-0.2, -0.15) is 0 Å². The number of rotatable bonds is 5. The van der Waals surface area contributed by atoms with Gasteiger partial charge in [0.25, 0.3) is 0 Å². The molecule has 0 heterocycles. The molecule has 1 nitrogen and oxygen atoms in total. The van der Waals surface area contributed by atoms with Gasteiger partial charge < -0.3 is 5.32 Å². The molecule has 0 fully saturated rings. The van der Waals surface area contributed by atoms with Crippen molar-refractivity contribution in [2.75, 3.05) is 13.6 Å². The second kappa shape index (κ2) is 6.67. The number of hydrogen-bond donors (Lipinski definition) is 1. The maximum absolute atomic E-state index is 13.1. The molecule has 1 unspecified atom stereocenters. The quantitative estimate of drug-likeness (QED) is 0.867. The van der Waals surface area contributed by atoms with Crippen LogP contribution < -0.4 is 5.32 Å². The SMILES string of the molecule is CNCC(Cc1cc(C)ccc1C)c1ccc(F)cc1. The van der Waals surface area contributed by atoms with E-state index in [9.17, 15) is 4.39 Å². The summed E-state index contributed by atoms with van der Waals surface area (Å²) in [5.74, 6) is 0.185. The fraction of sp³-hybridized carbons (Fsp3) is 0.333. The number of halogens is 1. The van der Waals surface area contributed by atoms with Gasteiger partial charge in [0.1, 0.15) is 5.82 Å². The van der Waals surface area contributed by atoms with Crippen molar-refractivity contribution in [2.24, 2.45) is 0 Å². The minimum atomic E-state index is -0.177. The van der Waals surface area contributed by atoms with Crippen LogP contribution in [0.15, 0.2) is 42.5 Å². The highest BCUT2D eigenvalue weighted by Crippen LogP contribution is 2.23. The van der Waals surface area contributed by atoms with Gasteiger partial charge >= 0.3 is 0 Å². The summed E-state index contributed by atoms with van der Waals surface area (Å²) >= 11 is 0. The second-order valence-electron chi connectivity index (χ2n) is 5.44. The standard InChI is InChI=1S/C18H22FN/c1-13-4-5-14(2)16(10-13)11-17(12-20-3)15-6-8-18(19)9-7-15/h4-10,17,20H,11-12H2,1-3H3. The molecule has 0 aliphatic carbocycles. The predicted molar refractivity (Wildman–Crippen MR) is 82.7 cm³/mol. The number of nitrogens with one attached hydrogen (secondary N) is 1. The largest absolute Gasteiger partial charge is 0.319 e. The Bertz CT molecular complexity index is 560. The first-order chi connectivity index (χ1) is 9.60. The third-order valence-corrected chi connectivity index (χ3v) is 3.76. The van der Waals surface area contributed by atoms with E-state index in [1.54, 1.807) is 12.1 Å². The van der Waals surface area contributed by atoms with Gasteiger partial charge in [0.2, 0.25) is 0 Å². The van der Waals surface area contributed by atoms with E-state index in [1.165, 1.54) is 22.3 Å². The number of likely N-dealkylation sites (N-methyl/N-ethyl adjacent to an activating group) is 1. The fourth-order valence-corrected chi connectivity index (χ4v) is 2.57. The highest BCUT2D eigenvalue weighted by atomic mass is 19.1. The minimum Gasteiger partial charge on any atom is -0.319 e. The highest BCUT2D eigenvalue weighted by molar-refractivity contribution is 5.33. The van der Waals surface area contributed by atoms with Crippen LogP contribution in [0.3, 0.4) is 0 Å². The molecule has 0 saturated carbocycles. The molecular formula is C18H22FN. The molecule has 0 aromatic heterocycles. The van der Waals surface area contributed by atoms with Crippen LogP contribution in [0.25, 0.3) is 0 Å². The molecule has 2 aromatic rings. The van der Waals surface area contributed by atoms with E-state index in [0.717, 1.165) is 13.0 Å². The van der Waals surface area contributed by atoms with Crippen LogP contribution >= 0.6 is 0 Å². The van der Waals surface area contributed by atoms with Crippen molar-refractivity contribution in [1.82, 2.24) is 5.32 Å². The predicted octanol–water partition coefficient (Wildman–Crippen LogP) is 3.99. The van der Waals surface area contributed by atoms with Crippen molar-refractivity contribution in [3.8, 4) is 0 Å². The zero-order valence-corrected chi connectivity index (χ0v) is 12.4. The summed E-state index contributed by atoms with van der Waals surface area (Å²) in [4.78, 5) is 0. The van der Waals surface area contributed by atoms with Gasteiger partial charge in [-0.1, -0.05) is 35.9 Å². The topological polar surface area (TPSA) is 12.0 Å². The van der Waals surface area contributed by atoms with Crippen LogP contribution in [0, 0.1) is 19.7 Å². The first-order valence-corrected chi connectivity index (χ1v) is 7.06. The van der Waals surface area contributed by atoms with E-state index in [1.807, 2.05) is 19.2 Å². The molecule has 0 radical (unpaired) electrons. The molecule has 0 saturated heterocycles. The van der Waals surface area contributed by atoms with Gasteiger partial charge in [-0.3, -0.25) is 0 Å². The third kappa shape index (κ3) is 3.67. The zero-order valence-electron chi connectivity index (χ0n) is 12.4. The molecule has 2 aromatic carbocycles. The average Bonchev–Trinajstić information content (AvgIpc) is 2.43. The van der Waals surface area contributed by atoms with Crippen LogP contribution in [0.1, 0.15) is 28.2 Å². The highest BCUT2D eigenvalue weighted by Gasteiger charge is 2.13. The van der Waals surface area contributed by atoms with Crippen molar-refractivity contribution in [3.05, 3.63) is 70.5 Å². The molecule has 2 rings (SSSR count). The summed E-state index contributed by atoms with van der Waals surface area (Å²) in [6.07, 6.45) is 0.972. The van der Waals surface area contributed by atoms with Crippen LogP contribution in [0.2, 0.25) is 0 Å². The zero-order chi connectivity index (χ0) is 14.5. The number of hydrogen-bond acceptors (Lipinski definition) is 1. The second-order valence-corrected chi connectivity index (χ2v) is 5.44. The summed E-state index contributed by atoms with van der Waals surface area (Å²) < 4.78 is 13.1. The van der Waals surface area contributed by atoms with Crippen LogP contribution in [0.5, 0.6) is 0 Å². The van der Waals surface area contributed by atoms with E-state index in [2.05, 4.69) is 37.4 Å². The van der Waals surface area contributed by atoms with Crippen molar-refractivity contribution in [3.63, 3.8) is 0 Å². The van der Waals surface area contributed by atoms with Crippen molar-refractivity contribution >= 4 is 0 Å². The lowest BCUT2D eigenvalue weighted by Gasteiger charge is -2.19. The third-order valence-electron chi connectivity index (χ3n) is 3.76. The van der Waals surface area contributed by atoms with E-state index in [-0.39, 0.29) is 5.82 Å². The summed E-state index contributed by atoms with van der Waals surface area (Å²) in [5.41, 5.74) is 5.16. The molecule has 1 N–H and O–H groups in total. The minimum absolute atomic E-state index is 0.177. The Morgan fingerprint density at radius 3 is 2.40 bits per heavy atom. The van der Waals surface area contributed by atoms with Crippen molar-refractivity contribution in [2.45, 2.75) is 26.2 Å². The van der Waals surface area contributed by atoms with Crippen LogP contribution in [0.4, 0.5) is 4.39 Å². The Hall–Kier alpha value is -1.67. The molecule has 0 aliphatic heterocycles. The molecule has 0 spiro atoms. The molecule has 0 aliphatic rings. The van der Waals surface area contributed by atoms with Gasteiger partial charge in [0.15, 0.2) is 0 Å². The van der Waals surface area contributed by atoms with Gasteiger partial charge in [0, 0.05) is 12.5 Å². The molecular weight excluding hydrogens is 249 g/mol. The fourth-order valence-electron chi connectivity index (χ4n) is 2.57. The van der Waals surface area contributed by atoms with Crippen molar-refractivity contribution < 1.29 is 4.39 Å². The first kappa shape index (κ1) is 14.7. The number of aryl methyl sites for hydroxylation is 2. The summed E-state index contributed by atoms with van der Waals surface area (Å²) in [7, 11) is 1.96. The van der Waals surface area contributed by atoms with Crippen LogP contribution in [-0.4, -0.2) is 13.6 Å². The molecule has 1 atom stereocenters. The molecule has 0 bridgehead atoms. The lowest BCUT2D eigenvalue weighted by Crippen LogP contribution is -2.19. The van der Waals surface area contributed by atoms with E-state index in [4.69, 9.17) is 0 Å². The maximum atomic E-state index is 13.1. The van der Waals surface area contributed by atoms with Gasteiger partial charge in [0.05, 0.1) is 0 Å². The molecule has 106 valence electrons. The Balaban J connectivity index is 2.25.